The summed E-state index contributed by atoms with van der Waals surface area (Å²) >= 11 is 0. The van der Waals surface area contributed by atoms with E-state index in [1.807, 2.05) is 0 Å². The molecule has 1 saturated carbocycles. The number of rotatable bonds is 8. The second kappa shape index (κ2) is 7.38. The molecule has 0 spiro atoms. The van der Waals surface area contributed by atoms with E-state index >= 15 is 0 Å². The molecule has 1 rings (SSSR count). The van der Waals surface area contributed by atoms with Crippen molar-refractivity contribution in [3.8, 4) is 0 Å². The van der Waals surface area contributed by atoms with E-state index < -0.39 is 0 Å². The fraction of sp³-hybridized carbons (Fsp3) is 1.00. The van der Waals surface area contributed by atoms with Gasteiger partial charge in [0, 0.05) is 12.6 Å². The van der Waals surface area contributed by atoms with Crippen LogP contribution in [0.4, 0.5) is 0 Å². The number of nitrogens with one attached hydrogen (secondary N) is 1. The van der Waals surface area contributed by atoms with Gasteiger partial charge < -0.3 is 10.1 Å². The summed E-state index contributed by atoms with van der Waals surface area (Å²) in [4.78, 5) is 0. The molecule has 2 heteroatoms. The van der Waals surface area contributed by atoms with E-state index in [1.54, 1.807) is 0 Å². The normalized spacial score (nSPS) is 19.1. The first kappa shape index (κ1) is 15.0. The third kappa shape index (κ3) is 5.87. The lowest BCUT2D eigenvalue weighted by Gasteiger charge is -2.32. The van der Waals surface area contributed by atoms with Crippen LogP contribution < -0.4 is 5.32 Å². The van der Waals surface area contributed by atoms with Crippen molar-refractivity contribution in [3.05, 3.63) is 0 Å². The van der Waals surface area contributed by atoms with Crippen LogP contribution in [0.2, 0.25) is 0 Å². The molecule has 0 heterocycles. The molecule has 102 valence electrons. The lowest BCUT2D eigenvalue weighted by atomic mass is 9.83. The molecule has 0 aromatic rings. The Balaban J connectivity index is 2.13. The van der Waals surface area contributed by atoms with Crippen molar-refractivity contribution >= 4 is 0 Å². The van der Waals surface area contributed by atoms with Crippen molar-refractivity contribution < 1.29 is 4.74 Å². The van der Waals surface area contributed by atoms with Crippen molar-refractivity contribution in [2.45, 2.75) is 65.8 Å². The molecule has 1 aliphatic carbocycles. The van der Waals surface area contributed by atoms with E-state index in [0.717, 1.165) is 25.7 Å². The standard InChI is InChI=1S/C15H31NO/c1-5-10-16-14(15(2,3)4)12-17-11-9-13-7-6-8-13/h13-14,16H,5-12H2,1-4H3. The molecule has 1 N–H and O–H groups in total. The van der Waals surface area contributed by atoms with Crippen LogP contribution in [0, 0.1) is 11.3 Å². The summed E-state index contributed by atoms with van der Waals surface area (Å²) in [5, 5.41) is 3.60. The predicted molar refractivity (Wildman–Crippen MR) is 74.3 cm³/mol. The highest BCUT2D eigenvalue weighted by Gasteiger charge is 2.24. The lowest BCUT2D eigenvalue weighted by molar-refractivity contribution is 0.0608. The first-order valence-electron chi connectivity index (χ1n) is 7.35. The van der Waals surface area contributed by atoms with E-state index in [9.17, 15) is 0 Å². The largest absolute Gasteiger partial charge is 0.380 e. The summed E-state index contributed by atoms with van der Waals surface area (Å²) in [5.41, 5.74) is 0.283. The van der Waals surface area contributed by atoms with Gasteiger partial charge in [0.25, 0.3) is 0 Å². The Morgan fingerprint density at radius 1 is 1.29 bits per heavy atom. The highest BCUT2D eigenvalue weighted by molar-refractivity contribution is 4.80. The van der Waals surface area contributed by atoms with Gasteiger partial charge in [-0.05, 0) is 30.7 Å². The van der Waals surface area contributed by atoms with Gasteiger partial charge in [0.05, 0.1) is 6.61 Å². The van der Waals surface area contributed by atoms with Crippen molar-refractivity contribution in [2.75, 3.05) is 19.8 Å². The Hall–Kier alpha value is -0.0800. The van der Waals surface area contributed by atoms with Gasteiger partial charge in [-0.3, -0.25) is 0 Å². The summed E-state index contributed by atoms with van der Waals surface area (Å²) < 4.78 is 5.86. The van der Waals surface area contributed by atoms with Crippen LogP contribution >= 0.6 is 0 Å². The molecule has 1 aliphatic rings. The minimum absolute atomic E-state index is 0.283. The molecule has 1 unspecified atom stereocenters. The Kier molecular flexibility index (Phi) is 6.50. The van der Waals surface area contributed by atoms with Crippen LogP contribution in [0.5, 0.6) is 0 Å². The topological polar surface area (TPSA) is 21.3 Å². The van der Waals surface area contributed by atoms with Crippen molar-refractivity contribution in [1.29, 1.82) is 0 Å². The van der Waals surface area contributed by atoms with Gasteiger partial charge in [0.2, 0.25) is 0 Å². The summed E-state index contributed by atoms with van der Waals surface area (Å²) in [6, 6.07) is 0.476. The van der Waals surface area contributed by atoms with E-state index in [2.05, 4.69) is 33.0 Å². The van der Waals surface area contributed by atoms with Gasteiger partial charge in [-0.25, -0.2) is 0 Å². The Morgan fingerprint density at radius 3 is 2.47 bits per heavy atom. The van der Waals surface area contributed by atoms with Crippen LogP contribution in [-0.2, 0) is 4.74 Å². The quantitative estimate of drug-likeness (QED) is 0.656. The molecule has 0 aromatic heterocycles. The zero-order valence-electron chi connectivity index (χ0n) is 12.2. The van der Waals surface area contributed by atoms with Gasteiger partial charge in [-0.2, -0.15) is 0 Å². The molecular weight excluding hydrogens is 210 g/mol. The van der Waals surface area contributed by atoms with Gasteiger partial charge in [0.1, 0.15) is 0 Å². The van der Waals surface area contributed by atoms with Crippen LogP contribution in [0.25, 0.3) is 0 Å². The first-order valence-corrected chi connectivity index (χ1v) is 7.35. The maximum absolute atomic E-state index is 5.86. The van der Waals surface area contributed by atoms with Crippen LogP contribution in [-0.4, -0.2) is 25.8 Å². The number of ether oxygens (including phenoxy) is 1. The molecule has 1 atom stereocenters. The van der Waals surface area contributed by atoms with Crippen LogP contribution in [0.3, 0.4) is 0 Å². The van der Waals surface area contributed by atoms with Crippen LogP contribution in [0.15, 0.2) is 0 Å². The summed E-state index contributed by atoms with van der Waals surface area (Å²) in [7, 11) is 0. The lowest BCUT2D eigenvalue weighted by Crippen LogP contribution is -2.44. The van der Waals surface area contributed by atoms with Crippen molar-refractivity contribution in [1.82, 2.24) is 5.32 Å². The molecular formula is C15H31NO. The van der Waals surface area contributed by atoms with E-state index in [1.165, 1.54) is 32.1 Å². The highest BCUT2D eigenvalue weighted by atomic mass is 16.5. The molecule has 2 nitrogen and oxygen atoms in total. The fourth-order valence-corrected chi connectivity index (χ4v) is 2.17. The van der Waals surface area contributed by atoms with Gasteiger partial charge in [-0.15, -0.1) is 0 Å². The minimum Gasteiger partial charge on any atom is -0.380 e. The van der Waals surface area contributed by atoms with E-state index in [0.29, 0.717) is 6.04 Å². The van der Waals surface area contributed by atoms with Crippen molar-refractivity contribution in [2.24, 2.45) is 11.3 Å². The fourth-order valence-electron chi connectivity index (χ4n) is 2.17. The SMILES string of the molecule is CCCNC(COCCC1CCC1)C(C)(C)C. The molecule has 0 amide bonds. The highest BCUT2D eigenvalue weighted by Crippen LogP contribution is 2.29. The summed E-state index contributed by atoms with van der Waals surface area (Å²) in [6.07, 6.45) is 6.76. The first-order chi connectivity index (χ1) is 8.04. The van der Waals surface area contributed by atoms with Crippen molar-refractivity contribution in [3.63, 3.8) is 0 Å². The van der Waals surface area contributed by atoms with Crippen LogP contribution in [0.1, 0.15) is 59.8 Å². The summed E-state index contributed by atoms with van der Waals surface area (Å²) in [5.74, 6) is 0.965. The molecule has 1 fully saturated rings. The maximum atomic E-state index is 5.86. The Labute approximate surface area is 108 Å². The Morgan fingerprint density at radius 2 is 2.00 bits per heavy atom. The maximum Gasteiger partial charge on any atom is 0.0624 e. The Bertz CT molecular complexity index is 194. The smallest absolute Gasteiger partial charge is 0.0624 e. The monoisotopic (exact) mass is 241 g/mol. The molecule has 0 aliphatic heterocycles. The third-order valence-electron chi connectivity index (χ3n) is 3.87. The van der Waals surface area contributed by atoms with Gasteiger partial charge >= 0.3 is 0 Å². The zero-order valence-corrected chi connectivity index (χ0v) is 12.2. The minimum atomic E-state index is 0.283. The van der Waals surface area contributed by atoms with E-state index in [4.69, 9.17) is 4.74 Å². The van der Waals surface area contributed by atoms with E-state index in [-0.39, 0.29) is 5.41 Å². The molecule has 0 radical (unpaired) electrons. The second-order valence-electron chi connectivity index (χ2n) is 6.53. The zero-order chi connectivity index (χ0) is 12.7. The van der Waals surface area contributed by atoms with Gasteiger partial charge in [-0.1, -0.05) is 47.0 Å². The number of hydrogen-bond acceptors (Lipinski definition) is 2. The molecule has 17 heavy (non-hydrogen) atoms. The second-order valence-corrected chi connectivity index (χ2v) is 6.53. The molecule has 0 bridgehead atoms. The summed E-state index contributed by atoms with van der Waals surface area (Å²) in [6.45, 7) is 12.0. The average Bonchev–Trinajstić information content (AvgIpc) is 2.17. The molecule has 0 aromatic carbocycles. The average molecular weight is 241 g/mol. The van der Waals surface area contributed by atoms with Gasteiger partial charge in [0.15, 0.2) is 0 Å². The third-order valence-corrected chi connectivity index (χ3v) is 3.87. The predicted octanol–water partition coefficient (Wildman–Crippen LogP) is 3.61. The molecule has 0 saturated heterocycles. The number of hydrogen-bond donors (Lipinski definition) is 1.